The van der Waals surface area contributed by atoms with Gasteiger partial charge in [-0.3, -0.25) is 9.69 Å². The lowest BCUT2D eigenvalue weighted by Crippen LogP contribution is -2.42. The minimum Gasteiger partial charge on any atom is -0.483 e. The standard InChI is InChI=1S/C37H48N2O3/c1-6-12-27(3)28-14-16-29(17-15-28)30-24-33(41-35(40)13-11-22-38-20-9-8-10-21-38)36-31-26-39(19-7-2)23-18-32(31)37(4,5)42-34(36)25-30/h2,14-17,24-25,27H,6,8-13,18-23,26H2,1,3-5H3. The van der Waals surface area contributed by atoms with E-state index < -0.39 is 5.60 Å². The molecular formula is C37H48N2O3. The summed E-state index contributed by atoms with van der Waals surface area (Å²) in [5.41, 5.74) is 6.36. The molecule has 0 N–H and O–H groups in total. The van der Waals surface area contributed by atoms with Crippen molar-refractivity contribution in [3.05, 3.63) is 53.1 Å². The van der Waals surface area contributed by atoms with E-state index in [2.05, 4.69) is 73.7 Å². The molecule has 1 unspecified atom stereocenters. The molecule has 0 aliphatic carbocycles. The quantitative estimate of drug-likeness (QED) is 0.167. The predicted octanol–water partition coefficient (Wildman–Crippen LogP) is 7.69. The largest absolute Gasteiger partial charge is 0.483 e. The van der Waals surface area contributed by atoms with Gasteiger partial charge in [-0.15, -0.1) is 6.42 Å². The average molecular weight is 569 g/mol. The average Bonchev–Trinajstić information content (AvgIpc) is 2.97. The topological polar surface area (TPSA) is 42.0 Å². The Hall–Kier alpha value is -3.07. The van der Waals surface area contributed by atoms with E-state index in [-0.39, 0.29) is 5.97 Å². The van der Waals surface area contributed by atoms with Crippen molar-refractivity contribution in [3.63, 3.8) is 0 Å². The Balaban J connectivity index is 1.47. The van der Waals surface area contributed by atoms with Gasteiger partial charge in [0.25, 0.3) is 0 Å². The normalized spacial score (nSPS) is 19.3. The van der Waals surface area contributed by atoms with Crippen molar-refractivity contribution >= 4 is 11.5 Å². The van der Waals surface area contributed by atoms with Crippen molar-refractivity contribution in [2.45, 2.75) is 90.6 Å². The van der Waals surface area contributed by atoms with Crippen LogP contribution in [0.25, 0.3) is 16.7 Å². The summed E-state index contributed by atoms with van der Waals surface area (Å²) in [4.78, 5) is 18.1. The number of benzene rings is 2. The summed E-state index contributed by atoms with van der Waals surface area (Å²) in [5, 5.41) is 0. The first-order valence-corrected chi connectivity index (χ1v) is 16.1. The summed E-state index contributed by atoms with van der Waals surface area (Å²) in [6.45, 7) is 14.3. The minimum absolute atomic E-state index is 0.182. The van der Waals surface area contributed by atoms with Gasteiger partial charge >= 0.3 is 5.97 Å². The molecule has 224 valence electrons. The summed E-state index contributed by atoms with van der Waals surface area (Å²) in [7, 11) is 0. The van der Waals surface area contributed by atoms with Gasteiger partial charge in [-0.05, 0) is 111 Å². The third-order valence-corrected chi connectivity index (χ3v) is 9.26. The molecule has 5 rings (SSSR count). The monoisotopic (exact) mass is 568 g/mol. The van der Waals surface area contributed by atoms with E-state index in [4.69, 9.17) is 15.9 Å². The maximum Gasteiger partial charge on any atom is 0.311 e. The molecule has 0 saturated carbocycles. The van der Waals surface area contributed by atoms with Crippen LogP contribution in [-0.4, -0.2) is 60.6 Å². The Kier molecular flexibility index (Phi) is 9.76. The van der Waals surface area contributed by atoms with Crippen LogP contribution in [0.4, 0.5) is 0 Å². The van der Waals surface area contributed by atoms with Gasteiger partial charge in [0.2, 0.25) is 0 Å². The zero-order chi connectivity index (χ0) is 29.7. The van der Waals surface area contributed by atoms with Gasteiger partial charge in [0.05, 0.1) is 12.1 Å². The lowest BCUT2D eigenvalue weighted by Gasteiger charge is -2.42. The third-order valence-electron chi connectivity index (χ3n) is 9.26. The number of piperidine rings is 1. The molecule has 0 bridgehead atoms. The molecule has 0 aromatic heterocycles. The Morgan fingerprint density at radius 2 is 1.83 bits per heavy atom. The van der Waals surface area contributed by atoms with Crippen LogP contribution in [0.2, 0.25) is 0 Å². The molecule has 1 fully saturated rings. The molecule has 5 heteroatoms. The van der Waals surface area contributed by atoms with Gasteiger partial charge < -0.3 is 14.4 Å². The third kappa shape index (κ3) is 6.93. The Labute approximate surface area is 253 Å². The summed E-state index contributed by atoms with van der Waals surface area (Å²) in [6.07, 6.45) is 14.0. The van der Waals surface area contributed by atoms with Crippen molar-refractivity contribution < 1.29 is 14.3 Å². The molecule has 5 nitrogen and oxygen atoms in total. The number of fused-ring (bicyclic) bond motifs is 2. The van der Waals surface area contributed by atoms with Crippen molar-refractivity contribution in [1.29, 1.82) is 0 Å². The zero-order valence-corrected chi connectivity index (χ0v) is 26.1. The smallest absolute Gasteiger partial charge is 0.311 e. The van der Waals surface area contributed by atoms with Gasteiger partial charge in [0.15, 0.2) is 0 Å². The van der Waals surface area contributed by atoms with E-state index in [1.165, 1.54) is 48.8 Å². The lowest BCUT2D eigenvalue weighted by molar-refractivity contribution is -0.134. The molecule has 3 aliphatic rings. The number of ether oxygens (including phenoxy) is 2. The highest BCUT2D eigenvalue weighted by Gasteiger charge is 2.39. The fourth-order valence-corrected chi connectivity index (χ4v) is 6.94. The number of hydrogen-bond acceptors (Lipinski definition) is 5. The van der Waals surface area contributed by atoms with Crippen LogP contribution in [0.3, 0.4) is 0 Å². The molecule has 2 aromatic rings. The maximum absolute atomic E-state index is 13.3. The molecule has 0 radical (unpaired) electrons. The second kappa shape index (κ2) is 13.5. The fourth-order valence-electron chi connectivity index (χ4n) is 6.94. The molecule has 1 saturated heterocycles. The maximum atomic E-state index is 13.3. The van der Waals surface area contributed by atoms with E-state index in [1.54, 1.807) is 0 Å². The molecule has 1 atom stereocenters. The lowest BCUT2D eigenvalue weighted by atomic mass is 9.81. The number of rotatable bonds is 10. The number of esters is 1. The number of terminal acetylenes is 1. The first kappa shape index (κ1) is 30.4. The van der Waals surface area contributed by atoms with Crippen LogP contribution >= 0.6 is 0 Å². The van der Waals surface area contributed by atoms with Crippen LogP contribution in [0.15, 0.2) is 42.0 Å². The first-order chi connectivity index (χ1) is 20.3. The Morgan fingerprint density at radius 3 is 2.55 bits per heavy atom. The summed E-state index contributed by atoms with van der Waals surface area (Å²) < 4.78 is 12.9. The van der Waals surface area contributed by atoms with Crippen molar-refractivity contribution in [3.8, 4) is 35.0 Å². The van der Waals surface area contributed by atoms with Crippen LogP contribution in [0.1, 0.15) is 96.1 Å². The van der Waals surface area contributed by atoms with Crippen LogP contribution in [0, 0.1) is 12.3 Å². The predicted molar refractivity (Wildman–Crippen MR) is 172 cm³/mol. The van der Waals surface area contributed by atoms with E-state index in [1.807, 2.05) is 6.07 Å². The number of nitrogens with zero attached hydrogens (tertiary/aromatic N) is 2. The molecule has 3 heterocycles. The SMILES string of the molecule is C#CCN1CCC2=C(C1)c1c(OC(=O)CCCN3CCCCC3)cc(-c3ccc(C(C)CCC)cc3)cc1OC2(C)C. The van der Waals surface area contributed by atoms with E-state index in [9.17, 15) is 4.79 Å². The van der Waals surface area contributed by atoms with Gasteiger partial charge in [-0.2, -0.15) is 0 Å². The highest BCUT2D eigenvalue weighted by atomic mass is 16.5. The van der Waals surface area contributed by atoms with Crippen LogP contribution in [-0.2, 0) is 4.79 Å². The van der Waals surface area contributed by atoms with Crippen LogP contribution in [0.5, 0.6) is 11.5 Å². The molecular weight excluding hydrogens is 520 g/mol. The summed E-state index contributed by atoms with van der Waals surface area (Å²) in [6, 6.07) is 13.0. The van der Waals surface area contributed by atoms with Crippen molar-refractivity contribution in [1.82, 2.24) is 9.80 Å². The second-order valence-electron chi connectivity index (χ2n) is 12.9. The fraction of sp³-hybridized carbons (Fsp3) is 0.541. The van der Waals surface area contributed by atoms with Crippen molar-refractivity contribution in [2.75, 3.05) is 39.3 Å². The Morgan fingerprint density at radius 1 is 1.07 bits per heavy atom. The van der Waals surface area contributed by atoms with Crippen molar-refractivity contribution in [2.24, 2.45) is 0 Å². The zero-order valence-electron chi connectivity index (χ0n) is 26.1. The minimum atomic E-state index is -0.446. The van der Waals surface area contributed by atoms with E-state index in [0.717, 1.165) is 68.0 Å². The molecule has 0 amide bonds. The molecule has 0 spiro atoms. The second-order valence-corrected chi connectivity index (χ2v) is 12.9. The van der Waals surface area contributed by atoms with Crippen LogP contribution < -0.4 is 9.47 Å². The molecule has 3 aliphatic heterocycles. The molecule has 42 heavy (non-hydrogen) atoms. The number of carbonyl (C=O) groups is 1. The van der Waals surface area contributed by atoms with E-state index in [0.29, 0.717) is 24.6 Å². The van der Waals surface area contributed by atoms with Gasteiger partial charge in [-0.25, -0.2) is 0 Å². The highest BCUT2D eigenvalue weighted by molar-refractivity contribution is 5.87. The number of hydrogen-bond donors (Lipinski definition) is 0. The van der Waals surface area contributed by atoms with E-state index >= 15 is 0 Å². The number of carbonyl (C=O) groups excluding carboxylic acids is 1. The van der Waals surface area contributed by atoms with Gasteiger partial charge in [-0.1, -0.05) is 56.9 Å². The summed E-state index contributed by atoms with van der Waals surface area (Å²) in [5.74, 6) is 4.53. The summed E-state index contributed by atoms with van der Waals surface area (Å²) >= 11 is 0. The molecule has 2 aromatic carbocycles. The van der Waals surface area contributed by atoms with Gasteiger partial charge in [0.1, 0.15) is 17.1 Å². The first-order valence-electron chi connectivity index (χ1n) is 16.1. The number of likely N-dealkylation sites (tertiary alicyclic amines) is 1. The highest BCUT2D eigenvalue weighted by Crippen LogP contribution is 2.49. The Bertz CT molecular complexity index is 1330. The van der Waals surface area contributed by atoms with Gasteiger partial charge in [0, 0.05) is 19.5 Å².